The van der Waals surface area contributed by atoms with E-state index in [1.807, 2.05) is 30.2 Å². The third-order valence-corrected chi connectivity index (χ3v) is 3.71. The van der Waals surface area contributed by atoms with Gasteiger partial charge in [0.15, 0.2) is 0 Å². The Labute approximate surface area is 124 Å². The number of para-hydroxylation sites is 1. The summed E-state index contributed by atoms with van der Waals surface area (Å²) >= 11 is 0. The molecule has 1 unspecified atom stereocenters. The lowest BCUT2D eigenvalue weighted by molar-refractivity contribution is 0.616. The molecule has 1 atom stereocenters. The first kappa shape index (κ1) is 13.8. The summed E-state index contributed by atoms with van der Waals surface area (Å²) in [6.07, 6.45) is 3.94. The molecule has 0 spiro atoms. The van der Waals surface area contributed by atoms with Gasteiger partial charge < -0.3 is 5.32 Å². The molecule has 0 saturated heterocycles. The van der Waals surface area contributed by atoms with E-state index in [0.29, 0.717) is 0 Å². The van der Waals surface area contributed by atoms with Crippen molar-refractivity contribution in [2.45, 2.75) is 19.9 Å². The molecule has 0 bridgehead atoms. The van der Waals surface area contributed by atoms with Gasteiger partial charge in [-0.1, -0.05) is 25.1 Å². The van der Waals surface area contributed by atoms with E-state index in [0.717, 1.165) is 23.3 Å². The van der Waals surface area contributed by atoms with Crippen LogP contribution in [-0.2, 0) is 7.05 Å². The van der Waals surface area contributed by atoms with E-state index in [1.165, 1.54) is 10.9 Å². The largest absolute Gasteiger partial charge is 0.305 e. The molecule has 0 radical (unpaired) electrons. The third kappa shape index (κ3) is 2.67. The molecule has 108 valence electrons. The Morgan fingerprint density at radius 3 is 2.81 bits per heavy atom. The third-order valence-electron chi connectivity index (χ3n) is 3.71. The molecule has 0 amide bonds. The SMILES string of the molecule is CCNC(c1cnn(C)c1)c1cc(C)c2ccccc2n1. The van der Waals surface area contributed by atoms with Crippen molar-refractivity contribution < 1.29 is 0 Å². The zero-order valence-corrected chi connectivity index (χ0v) is 12.7. The predicted octanol–water partition coefficient (Wildman–Crippen LogP) is 2.98. The van der Waals surface area contributed by atoms with Crippen molar-refractivity contribution in [3.63, 3.8) is 0 Å². The Balaban J connectivity index is 2.11. The van der Waals surface area contributed by atoms with Crippen LogP contribution < -0.4 is 5.32 Å². The Morgan fingerprint density at radius 2 is 2.10 bits per heavy atom. The van der Waals surface area contributed by atoms with Crippen molar-refractivity contribution in [2.24, 2.45) is 7.05 Å². The summed E-state index contributed by atoms with van der Waals surface area (Å²) in [6, 6.07) is 10.5. The predicted molar refractivity (Wildman–Crippen MR) is 85.2 cm³/mol. The van der Waals surface area contributed by atoms with Gasteiger partial charge >= 0.3 is 0 Å². The fraction of sp³-hybridized carbons (Fsp3) is 0.294. The van der Waals surface area contributed by atoms with Crippen LogP contribution in [0.2, 0.25) is 0 Å². The highest BCUT2D eigenvalue weighted by Crippen LogP contribution is 2.25. The Morgan fingerprint density at radius 1 is 1.29 bits per heavy atom. The standard InChI is InChI=1S/C17H20N4/c1-4-18-17(13-10-19-21(3)11-13)16-9-12(2)14-7-5-6-8-15(14)20-16/h5-11,17-18H,4H2,1-3H3. The lowest BCUT2D eigenvalue weighted by atomic mass is 10.0. The highest BCUT2D eigenvalue weighted by Gasteiger charge is 2.17. The van der Waals surface area contributed by atoms with Gasteiger partial charge in [-0.2, -0.15) is 5.10 Å². The molecule has 3 aromatic rings. The van der Waals surface area contributed by atoms with Gasteiger partial charge in [-0.25, -0.2) is 0 Å². The average Bonchev–Trinajstić information content (AvgIpc) is 2.91. The molecule has 0 aliphatic rings. The van der Waals surface area contributed by atoms with Crippen LogP contribution in [0.1, 0.15) is 29.8 Å². The maximum absolute atomic E-state index is 4.84. The minimum atomic E-state index is 0.0759. The second-order valence-corrected chi connectivity index (χ2v) is 5.32. The molecule has 1 aromatic carbocycles. The molecule has 2 heterocycles. The van der Waals surface area contributed by atoms with Crippen LogP contribution in [-0.4, -0.2) is 21.3 Å². The molecule has 0 saturated carbocycles. The molecule has 1 N–H and O–H groups in total. The van der Waals surface area contributed by atoms with E-state index in [1.54, 1.807) is 0 Å². The van der Waals surface area contributed by atoms with Crippen LogP contribution in [0, 0.1) is 6.92 Å². The molecule has 3 rings (SSSR count). The first-order valence-corrected chi connectivity index (χ1v) is 7.27. The molecule has 2 aromatic heterocycles. The second-order valence-electron chi connectivity index (χ2n) is 5.32. The van der Waals surface area contributed by atoms with Crippen LogP contribution >= 0.6 is 0 Å². The summed E-state index contributed by atoms with van der Waals surface area (Å²) in [5, 5.41) is 8.99. The molecule has 4 heteroatoms. The number of hydrogen-bond acceptors (Lipinski definition) is 3. The summed E-state index contributed by atoms with van der Waals surface area (Å²) in [4.78, 5) is 4.84. The van der Waals surface area contributed by atoms with Gasteiger partial charge in [-0.15, -0.1) is 0 Å². The molecular weight excluding hydrogens is 260 g/mol. The van der Waals surface area contributed by atoms with Crippen LogP contribution in [0.4, 0.5) is 0 Å². The van der Waals surface area contributed by atoms with E-state index in [2.05, 4.69) is 48.5 Å². The van der Waals surface area contributed by atoms with Gasteiger partial charge in [0.05, 0.1) is 23.4 Å². The smallest absolute Gasteiger partial charge is 0.0782 e. The summed E-state index contributed by atoms with van der Waals surface area (Å²) in [5.41, 5.74) is 4.48. The van der Waals surface area contributed by atoms with E-state index in [9.17, 15) is 0 Å². The summed E-state index contributed by atoms with van der Waals surface area (Å²) in [7, 11) is 1.94. The number of nitrogens with zero attached hydrogens (tertiary/aromatic N) is 3. The minimum absolute atomic E-state index is 0.0759. The van der Waals surface area contributed by atoms with Gasteiger partial charge in [0.2, 0.25) is 0 Å². The van der Waals surface area contributed by atoms with Crippen LogP contribution in [0.25, 0.3) is 10.9 Å². The first-order chi connectivity index (χ1) is 10.2. The van der Waals surface area contributed by atoms with Gasteiger partial charge in [0, 0.05) is 24.2 Å². The van der Waals surface area contributed by atoms with Crippen LogP contribution in [0.3, 0.4) is 0 Å². The second kappa shape index (κ2) is 5.66. The molecule has 0 aliphatic heterocycles. The van der Waals surface area contributed by atoms with Crippen molar-refractivity contribution in [2.75, 3.05) is 6.54 Å². The van der Waals surface area contributed by atoms with E-state index >= 15 is 0 Å². The fourth-order valence-corrected chi connectivity index (χ4v) is 2.71. The zero-order valence-electron chi connectivity index (χ0n) is 12.7. The van der Waals surface area contributed by atoms with Crippen molar-refractivity contribution >= 4 is 10.9 Å². The minimum Gasteiger partial charge on any atom is -0.305 e. The number of benzene rings is 1. The average molecular weight is 280 g/mol. The fourth-order valence-electron chi connectivity index (χ4n) is 2.71. The number of fused-ring (bicyclic) bond motifs is 1. The normalized spacial score (nSPS) is 12.7. The number of pyridine rings is 1. The van der Waals surface area contributed by atoms with E-state index in [4.69, 9.17) is 4.98 Å². The molecule has 21 heavy (non-hydrogen) atoms. The zero-order chi connectivity index (χ0) is 14.8. The summed E-state index contributed by atoms with van der Waals surface area (Å²) < 4.78 is 1.83. The van der Waals surface area contributed by atoms with Gasteiger partial charge in [0.1, 0.15) is 0 Å². The molecule has 0 fully saturated rings. The topological polar surface area (TPSA) is 42.7 Å². The number of nitrogens with one attached hydrogen (secondary N) is 1. The Bertz CT molecular complexity index is 760. The highest BCUT2D eigenvalue weighted by atomic mass is 15.2. The number of aryl methyl sites for hydroxylation is 2. The number of rotatable bonds is 4. The van der Waals surface area contributed by atoms with Crippen molar-refractivity contribution in [1.82, 2.24) is 20.1 Å². The molecule has 0 aliphatic carbocycles. The van der Waals surface area contributed by atoms with Gasteiger partial charge in [0.25, 0.3) is 0 Å². The molecule has 4 nitrogen and oxygen atoms in total. The Kier molecular flexibility index (Phi) is 3.71. The summed E-state index contributed by atoms with van der Waals surface area (Å²) in [6.45, 7) is 5.13. The highest BCUT2D eigenvalue weighted by molar-refractivity contribution is 5.82. The maximum Gasteiger partial charge on any atom is 0.0782 e. The number of aromatic nitrogens is 3. The number of hydrogen-bond donors (Lipinski definition) is 1. The maximum atomic E-state index is 4.84. The lowest BCUT2D eigenvalue weighted by Gasteiger charge is -2.17. The van der Waals surface area contributed by atoms with E-state index < -0.39 is 0 Å². The van der Waals surface area contributed by atoms with Crippen molar-refractivity contribution in [3.05, 3.63) is 59.5 Å². The monoisotopic (exact) mass is 280 g/mol. The Hall–Kier alpha value is -2.20. The van der Waals surface area contributed by atoms with Gasteiger partial charge in [-0.3, -0.25) is 9.67 Å². The van der Waals surface area contributed by atoms with E-state index in [-0.39, 0.29) is 6.04 Å². The van der Waals surface area contributed by atoms with Crippen molar-refractivity contribution in [3.8, 4) is 0 Å². The van der Waals surface area contributed by atoms with Crippen LogP contribution in [0.15, 0.2) is 42.7 Å². The summed E-state index contributed by atoms with van der Waals surface area (Å²) in [5.74, 6) is 0. The quantitative estimate of drug-likeness (QED) is 0.799. The van der Waals surface area contributed by atoms with Gasteiger partial charge in [-0.05, 0) is 31.2 Å². The molecular formula is C17H20N4. The van der Waals surface area contributed by atoms with Crippen LogP contribution in [0.5, 0.6) is 0 Å². The lowest BCUT2D eigenvalue weighted by Crippen LogP contribution is -2.22. The van der Waals surface area contributed by atoms with Crippen molar-refractivity contribution in [1.29, 1.82) is 0 Å². The first-order valence-electron chi connectivity index (χ1n) is 7.27.